The Bertz CT molecular complexity index is 2080. The van der Waals surface area contributed by atoms with Crippen LogP contribution in [0.4, 0.5) is 0 Å². The summed E-state index contributed by atoms with van der Waals surface area (Å²) < 4.78 is 28.0. The number of unbranched alkanes of at least 4 members (excludes halogenated alkanes) is 20. The van der Waals surface area contributed by atoms with Crippen LogP contribution in [0, 0.1) is 45.3 Å². The summed E-state index contributed by atoms with van der Waals surface area (Å²) in [5.41, 5.74) is 4.98. The van der Waals surface area contributed by atoms with Gasteiger partial charge >= 0.3 is 29.8 Å². The molecule has 2 saturated carbocycles. The Morgan fingerprint density at radius 1 is 0.494 bits per heavy atom. The molecule has 0 N–H and O–H groups in total. The van der Waals surface area contributed by atoms with Crippen molar-refractivity contribution >= 4 is 29.8 Å². The third kappa shape index (κ3) is 23.8. The maximum Gasteiger partial charge on any atom is 0.306 e. The van der Waals surface area contributed by atoms with Gasteiger partial charge in [-0.05, 0) is 163 Å². The van der Waals surface area contributed by atoms with Crippen LogP contribution in [0.25, 0.3) is 0 Å². The monoisotopic (exact) mass is 1160 g/mol. The van der Waals surface area contributed by atoms with E-state index in [1.807, 2.05) is 6.08 Å². The zero-order chi connectivity index (χ0) is 60.6. The van der Waals surface area contributed by atoms with Gasteiger partial charge in [0.15, 0.2) is 0 Å². The number of carbonyl (C=O) groups excluding carboxylic acids is 5. The van der Waals surface area contributed by atoms with E-state index in [-0.39, 0.29) is 77.8 Å². The van der Waals surface area contributed by atoms with E-state index in [4.69, 9.17) is 23.7 Å². The molecule has 474 valence electrons. The van der Waals surface area contributed by atoms with Gasteiger partial charge in [-0.2, -0.15) is 0 Å². The normalized spacial score (nSPS) is 26.2. The summed E-state index contributed by atoms with van der Waals surface area (Å²) in [5.74, 6) is -0.157. The van der Waals surface area contributed by atoms with Crippen LogP contribution >= 0.6 is 0 Å². The Morgan fingerprint density at radius 2 is 0.928 bits per heavy atom. The van der Waals surface area contributed by atoms with Gasteiger partial charge < -0.3 is 23.7 Å². The number of esters is 5. The van der Waals surface area contributed by atoms with Gasteiger partial charge in [-0.15, -0.1) is 0 Å². The molecule has 0 aromatic carbocycles. The van der Waals surface area contributed by atoms with Crippen molar-refractivity contribution in [1.82, 2.24) is 0 Å². The predicted octanol–water partition coefficient (Wildman–Crippen LogP) is 19.5. The number of methoxy groups -OCH3 is 1. The molecule has 0 aromatic rings. The summed E-state index contributed by atoms with van der Waals surface area (Å²) in [5, 5.41) is 0. The van der Waals surface area contributed by atoms with E-state index >= 15 is 0 Å². The van der Waals surface area contributed by atoms with E-state index in [0.717, 1.165) is 95.5 Å². The molecule has 0 radical (unpaired) electrons. The Kier molecular flexibility index (Phi) is 33.3. The first kappa shape index (κ1) is 71.8. The van der Waals surface area contributed by atoms with E-state index in [2.05, 4.69) is 80.5 Å². The number of carbonyl (C=O) groups is 5. The van der Waals surface area contributed by atoms with Gasteiger partial charge in [0.25, 0.3) is 0 Å². The Hall–Kier alpha value is -3.69. The van der Waals surface area contributed by atoms with Crippen LogP contribution in [0.3, 0.4) is 0 Å². The largest absolute Gasteiger partial charge is 0.469 e. The topological polar surface area (TPSA) is 132 Å². The molecule has 10 heteroatoms. The second kappa shape index (κ2) is 38.5. The highest BCUT2D eigenvalue weighted by molar-refractivity contribution is 5.78. The van der Waals surface area contributed by atoms with E-state index in [1.165, 1.54) is 146 Å². The van der Waals surface area contributed by atoms with Crippen LogP contribution in [-0.4, -0.2) is 63.4 Å². The summed E-state index contributed by atoms with van der Waals surface area (Å²) in [6.45, 7) is 21.8. The average molecular weight is 1160 g/mol. The number of fused-ring (bicyclic) bond motifs is 2. The van der Waals surface area contributed by atoms with Crippen molar-refractivity contribution in [2.45, 2.75) is 306 Å². The van der Waals surface area contributed by atoms with Crippen molar-refractivity contribution in [3.8, 4) is 0 Å². The van der Waals surface area contributed by atoms with Crippen LogP contribution in [0.15, 0.2) is 46.6 Å². The molecule has 8 unspecified atom stereocenters. The minimum Gasteiger partial charge on any atom is -0.469 e. The van der Waals surface area contributed by atoms with E-state index in [0.29, 0.717) is 44.0 Å². The Balaban J connectivity index is 1.11. The van der Waals surface area contributed by atoms with Crippen LogP contribution in [0.1, 0.15) is 306 Å². The first-order chi connectivity index (χ1) is 39.8. The SMILES string of the molecule is CCCCCCCCCCCCCCCCCCCCCCCC(=O)OCC=C(C)CCC1(C)C(C)CCC2(COC(=O)CCC(=O)OCC=C(C)CCC3(C)C(COC(=O)CCC(=O)OC)CCC4(C)C(C)=CCCC43)C(C)=CCCC21. The van der Waals surface area contributed by atoms with Crippen molar-refractivity contribution in [3.05, 3.63) is 46.6 Å². The average Bonchev–Trinajstić information content (AvgIpc) is 1.66. The van der Waals surface area contributed by atoms with E-state index < -0.39 is 11.9 Å². The second-order valence-corrected chi connectivity index (χ2v) is 27.5. The van der Waals surface area contributed by atoms with Crippen molar-refractivity contribution in [1.29, 1.82) is 0 Å². The number of rotatable bonds is 42. The lowest BCUT2D eigenvalue weighted by Gasteiger charge is -2.59. The number of ether oxygens (including phenoxy) is 5. The molecule has 0 aliphatic heterocycles. The molecule has 4 aliphatic carbocycles. The second-order valence-electron chi connectivity index (χ2n) is 27.5. The third-order valence-corrected chi connectivity index (χ3v) is 21.8. The molecule has 2 fully saturated rings. The Morgan fingerprint density at radius 3 is 1.45 bits per heavy atom. The maximum atomic E-state index is 13.4. The van der Waals surface area contributed by atoms with E-state index in [9.17, 15) is 24.0 Å². The molecule has 10 nitrogen and oxygen atoms in total. The molecule has 0 heterocycles. The lowest BCUT2D eigenvalue weighted by atomic mass is 9.46. The number of allylic oxidation sites excluding steroid dienone is 5. The summed E-state index contributed by atoms with van der Waals surface area (Å²) in [6.07, 6.45) is 49.6. The standard InChI is InChI=1S/C73H122O10/c1-11-12-13-14-15-16-17-18-19-20-21-22-23-24-25-26-27-28-29-30-31-38-66(75)80-53-47-57(2)43-49-71(8)60(5)45-52-73(61(6)35-33-37-64(71)73)56-83-69(78)42-41-67(76)81-54-48-58(3)44-50-72(9)62(55-82-68(77)40-39-65(74)79-10)46-51-70(7)59(4)34-32-36-63(70)72/h34-35,47-48,60,62-64H,11-33,36-46,49-56H2,1-10H3. The molecule has 0 aromatic heterocycles. The quantitative estimate of drug-likeness (QED) is 0.0252. The van der Waals surface area contributed by atoms with Crippen molar-refractivity contribution in [3.63, 3.8) is 0 Å². The summed E-state index contributed by atoms with van der Waals surface area (Å²) in [4.78, 5) is 63.3. The summed E-state index contributed by atoms with van der Waals surface area (Å²) >= 11 is 0. The molecular formula is C73H122O10. The lowest BCUT2D eigenvalue weighted by molar-refractivity contribution is -0.156. The molecular weight excluding hydrogens is 1040 g/mol. The van der Waals surface area contributed by atoms with Crippen molar-refractivity contribution in [2.24, 2.45) is 45.3 Å². The van der Waals surface area contributed by atoms with Gasteiger partial charge in [0.1, 0.15) is 19.8 Å². The summed E-state index contributed by atoms with van der Waals surface area (Å²) in [6, 6.07) is 0. The van der Waals surface area contributed by atoms with E-state index in [1.54, 1.807) is 0 Å². The molecule has 0 amide bonds. The van der Waals surface area contributed by atoms with Gasteiger partial charge in [-0.25, -0.2) is 0 Å². The fourth-order valence-electron chi connectivity index (χ4n) is 15.5. The third-order valence-electron chi connectivity index (χ3n) is 21.8. The lowest BCUT2D eigenvalue weighted by Crippen LogP contribution is -2.53. The zero-order valence-electron chi connectivity index (χ0n) is 54.9. The van der Waals surface area contributed by atoms with Crippen LogP contribution in [0.2, 0.25) is 0 Å². The minimum absolute atomic E-state index is 0.0144. The van der Waals surface area contributed by atoms with Crippen LogP contribution in [0.5, 0.6) is 0 Å². The fourth-order valence-corrected chi connectivity index (χ4v) is 15.5. The molecule has 0 bridgehead atoms. The highest BCUT2D eigenvalue weighted by Crippen LogP contribution is 2.63. The van der Waals surface area contributed by atoms with Gasteiger partial charge in [-0.3, -0.25) is 24.0 Å². The molecule has 0 saturated heterocycles. The number of hydrogen-bond donors (Lipinski definition) is 0. The van der Waals surface area contributed by atoms with Gasteiger partial charge in [0, 0.05) is 11.8 Å². The highest BCUT2D eigenvalue weighted by atomic mass is 16.5. The molecule has 0 spiro atoms. The number of hydrogen-bond acceptors (Lipinski definition) is 10. The minimum atomic E-state index is -0.418. The zero-order valence-corrected chi connectivity index (χ0v) is 54.9. The molecule has 83 heavy (non-hydrogen) atoms. The maximum absolute atomic E-state index is 13.4. The van der Waals surface area contributed by atoms with Crippen molar-refractivity contribution < 1.29 is 47.7 Å². The smallest absolute Gasteiger partial charge is 0.306 e. The van der Waals surface area contributed by atoms with Gasteiger partial charge in [-0.1, -0.05) is 197 Å². The van der Waals surface area contributed by atoms with Gasteiger partial charge in [0.05, 0.1) is 39.4 Å². The fraction of sp³-hybridized carbons (Fsp3) is 0.822. The van der Waals surface area contributed by atoms with Crippen LogP contribution in [-0.2, 0) is 47.7 Å². The molecule has 4 rings (SSSR count). The first-order valence-electron chi connectivity index (χ1n) is 34.2. The van der Waals surface area contributed by atoms with Crippen molar-refractivity contribution in [2.75, 3.05) is 33.5 Å². The highest BCUT2D eigenvalue weighted by Gasteiger charge is 2.56. The summed E-state index contributed by atoms with van der Waals surface area (Å²) in [7, 11) is 1.32. The molecule has 8 atom stereocenters. The Labute approximate surface area is 507 Å². The molecule has 4 aliphatic rings. The van der Waals surface area contributed by atoms with Crippen LogP contribution < -0.4 is 0 Å². The predicted molar refractivity (Wildman–Crippen MR) is 338 cm³/mol. The first-order valence-corrected chi connectivity index (χ1v) is 34.2. The van der Waals surface area contributed by atoms with Gasteiger partial charge in [0.2, 0.25) is 0 Å².